The van der Waals surface area contributed by atoms with Crippen LogP contribution in [0.15, 0.2) is 77.0 Å². The van der Waals surface area contributed by atoms with Crippen molar-refractivity contribution in [3.05, 3.63) is 83.9 Å². The van der Waals surface area contributed by atoms with E-state index in [1.165, 1.54) is 12.1 Å². The van der Waals surface area contributed by atoms with Crippen molar-refractivity contribution >= 4 is 23.0 Å². The summed E-state index contributed by atoms with van der Waals surface area (Å²) in [5, 5.41) is 3.18. The molecule has 1 aliphatic heterocycles. The van der Waals surface area contributed by atoms with Crippen molar-refractivity contribution < 1.29 is 9.13 Å². The Morgan fingerprint density at radius 1 is 0.885 bits per heavy atom. The van der Waals surface area contributed by atoms with Gasteiger partial charge in [0, 0.05) is 23.5 Å². The lowest BCUT2D eigenvalue weighted by Gasteiger charge is -2.09. The number of ether oxygens (including phenoxy) is 1. The summed E-state index contributed by atoms with van der Waals surface area (Å²) in [5.41, 5.74) is 2.84. The van der Waals surface area contributed by atoms with Crippen molar-refractivity contribution in [1.29, 1.82) is 0 Å². The van der Waals surface area contributed by atoms with Gasteiger partial charge in [-0.2, -0.15) is 0 Å². The van der Waals surface area contributed by atoms with Gasteiger partial charge in [-0.3, -0.25) is 4.98 Å². The molecule has 0 saturated carbocycles. The van der Waals surface area contributed by atoms with Gasteiger partial charge in [-0.05, 0) is 54.6 Å². The number of aliphatic imine (C=N–C) groups is 2. The number of pyridine rings is 1. The standard InChI is InChI=1S/C20H15FN4O/c1-26-16-5-2-13(3-6-16)19-23-17-7-4-15(21)12-18(17)24-20(25-19)14-8-10-22-11-9-14/h2-12H,1H3,(H,23,24,25). The molecule has 3 aromatic rings. The van der Waals surface area contributed by atoms with E-state index in [9.17, 15) is 4.39 Å². The lowest BCUT2D eigenvalue weighted by Crippen LogP contribution is -2.15. The van der Waals surface area contributed by atoms with Crippen LogP contribution in [0.5, 0.6) is 5.75 Å². The first-order chi connectivity index (χ1) is 12.7. The fourth-order valence-corrected chi connectivity index (χ4v) is 2.62. The van der Waals surface area contributed by atoms with Crippen molar-refractivity contribution in [2.45, 2.75) is 0 Å². The quantitative estimate of drug-likeness (QED) is 0.774. The lowest BCUT2D eigenvalue weighted by molar-refractivity contribution is 0.415. The second kappa shape index (κ2) is 6.76. The molecule has 2 aromatic carbocycles. The van der Waals surface area contributed by atoms with Gasteiger partial charge in [0.05, 0.1) is 18.5 Å². The maximum absolute atomic E-state index is 13.7. The Hall–Kier alpha value is -3.54. The number of methoxy groups -OCH3 is 1. The number of nitrogens with one attached hydrogen (secondary N) is 1. The Morgan fingerprint density at radius 3 is 2.38 bits per heavy atom. The molecule has 2 heterocycles. The number of fused-ring (bicyclic) bond motifs is 1. The number of anilines is 1. The van der Waals surface area contributed by atoms with Crippen LogP contribution >= 0.6 is 0 Å². The summed E-state index contributed by atoms with van der Waals surface area (Å²) in [6.45, 7) is 0. The third kappa shape index (κ3) is 3.17. The summed E-state index contributed by atoms with van der Waals surface area (Å²) in [6.07, 6.45) is 3.36. The SMILES string of the molecule is COc1ccc(C2=Nc3ccc(F)cc3NC(c3ccncc3)=N2)cc1. The Labute approximate surface area is 149 Å². The number of amidine groups is 2. The molecule has 0 unspecified atom stereocenters. The average molecular weight is 346 g/mol. The molecular formula is C20H15FN4O. The average Bonchev–Trinajstić information content (AvgIpc) is 2.88. The Kier molecular flexibility index (Phi) is 4.15. The third-order valence-corrected chi connectivity index (χ3v) is 3.96. The number of rotatable bonds is 3. The van der Waals surface area contributed by atoms with Crippen LogP contribution in [0.1, 0.15) is 11.1 Å². The normalized spacial score (nSPS) is 13.0. The topological polar surface area (TPSA) is 58.9 Å². The van der Waals surface area contributed by atoms with E-state index in [4.69, 9.17) is 4.74 Å². The van der Waals surface area contributed by atoms with E-state index in [0.717, 1.165) is 16.9 Å². The van der Waals surface area contributed by atoms with Crippen LogP contribution in [-0.4, -0.2) is 23.8 Å². The maximum atomic E-state index is 13.7. The highest BCUT2D eigenvalue weighted by Gasteiger charge is 2.16. The number of halogens is 1. The predicted octanol–water partition coefficient (Wildman–Crippen LogP) is 4.18. The van der Waals surface area contributed by atoms with E-state index in [1.807, 2.05) is 36.4 Å². The van der Waals surface area contributed by atoms with Crippen LogP contribution in [-0.2, 0) is 0 Å². The zero-order valence-corrected chi connectivity index (χ0v) is 14.0. The summed E-state index contributed by atoms with van der Waals surface area (Å²) in [5.74, 6) is 1.51. The molecule has 0 spiro atoms. The molecule has 1 aromatic heterocycles. The zero-order valence-electron chi connectivity index (χ0n) is 14.0. The molecule has 0 saturated heterocycles. The van der Waals surface area contributed by atoms with Gasteiger partial charge in [-0.15, -0.1) is 0 Å². The molecule has 5 nitrogen and oxygen atoms in total. The van der Waals surface area contributed by atoms with Crippen LogP contribution in [0.25, 0.3) is 0 Å². The van der Waals surface area contributed by atoms with Gasteiger partial charge >= 0.3 is 0 Å². The van der Waals surface area contributed by atoms with Gasteiger partial charge in [-0.25, -0.2) is 14.4 Å². The molecule has 0 fully saturated rings. The van der Waals surface area contributed by atoms with Crippen molar-refractivity contribution in [1.82, 2.24) is 4.98 Å². The summed E-state index contributed by atoms with van der Waals surface area (Å²) < 4.78 is 18.9. The van der Waals surface area contributed by atoms with E-state index >= 15 is 0 Å². The second-order valence-corrected chi connectivity index (χ2v) is 5.65. The van der Waals surface area contributed by atoms with Crippen LogP contribution in [0.4, 0.5) is 15.8 Å². The third-order valence-electron chi connectivity index (χ3n) is 3.96. The van der Waals surface area contributed by atoms with Gasteiger partial charge < -0.3 is 10.1 Å². The van der Waals surface area contributed by atoms with Crippen LogP contribution < -0.4 is 10.1 Å². The fourth-order valence-electron chi connectivity index (χ4n) is 2.62. The van der Waals surface area contributed by atoms with Crippen LogP contribution in [0, 0.1) is 5.82 Å². The summed E-state index contributed by atoms with van der Waals surface area (Å²) in [6, 6.07) is 15.6. The molecule has 0 radical (unpaired) electrons. The highest BCUT2D eigenvalue weighted by Crippen LogP contribution is 2.30. The van der Waals surface area contributed by atoms with E-state index in [1.54, 1.807) is 25.6 Å². The Balaban J connectivity index is 1.86. The number of aromatic nitrogens is 1. The van der Waals surface area contributed by atoms with Crippen LogP contribution in [0.2, 0.25) is 0 Å². The molecule has 6 heteroatoms. The van der Waals surface area contributed by atoms with Gasteiger partial charge in [0.15, 0.2) is 5.84 Å². The smallest absolute Gasteiger partial charge is 0.162 e. The Bertz CT molecular complexity index is 998. The van der Waals surface area contributed by atoms with Gasteiger partial charge in [0.25, 0.3) is 0 Å². The summed E-state index contributed by atoms with van der Waals surface area (Å²) in [4.78, 5) is 13.3. The molecule has 1 aliphatic rings. The van der Waals surface area contributed by atoms with E-state index in [0.29, 0.717) is 23.0 Å². The lowest BCUT2D eigenvalue weighted by atomic mass is 10.2. The van der Waals surface area contributed by atoms with Gasteiger partial charge in [0.1, 0.15) is 17.4 Å². The highest BCUT2D eigenvalue weighted by atomic mass is 19.1. The predicted molar refractivity (Wildman–Crippen MR) is 100.0 cm³/mol. The minimum absolute atomic E-state index is 0.339. The first-order valence-electron chi connectivity index (χ1n) is 8.02. The largest absolute Gasteiger partial charge is 0.497 e. The molecule has 1 N–H and O–H groups in total. The van der Waals surface area contributed by atoms with E-state index in [2.05, 4.69) is 20.3 Å². The van der Waals surface area contributed by atoms with Gasteiger partial charge in [0.2, 0.25) is 0 Å². The van der Waals surface area contributed by atoms with Crippen LogP contribution in [0.3, 0.4) is 0 Å². The molecule has 0 atom stereocenters. The van der Waals surface area contributed by atoms with Gasteiger partial charge in [-0.1, -0.05) is 0 Å². The first-order valence-corrected chi connectivity index (χ1v) is 8.02. The summed E-state index contributed by atoms with van der Waals surface area (Å²) >= 11 is 0. The fraction of sp³-hybridized carbons (Fsp3) is 0.0500. The number of benzene rings is 2. The number of nitrogens with zero attached hydrogens (tertiary/aromatic N) is 3. The first kappa shape index (κ1) is 16.0. The highest BCUT2D eigenvalue weighted by molar-refractivity contribution is 6.19. The molecular weight excluding hydrogens is 331 g/mol. The minimum atomic E-state index is -0.339. The summed E-state index contributed by atoms with van der Waals surface area (Å²) in [7, 11) is 1.62. The minimum Gasteiger partial charge on any atom is -0.497 e. The molecule has 26 heavy (non-hydrogen) atoms. The number of hydrogen-bond donors (Lipinski definition) is 1. The van der Waals surface area contributed by atoms with Crippen molar-refractivity contribution in [3.63, 3.8) is 0 Å². The van der Waals surface area contributed by atoms with Crippen molar-refractivity contribution in [2.24, 2.45) is 9.98 Å². The maximum Gasteiger partial charge on any atom is 0.162 e. The molecule has 0 aliphatic carbocycles. The van der Waals surface area contributed by atoms with E-state index < -0.39 is 0 Å². The molecule has 0 amide bonds. The Morgan fingerprint density at radius 2 is 1.65 bits per heavy atom. The molecule has 0 bridgehead atoms. The second-order valence-electron chi connectivity index (χ2n) is 5.65. The van der Waals surface area contributed by atoms with E-state index in [-0.39, 0.29) is 5.82 Å². The van der Waals surface area contributed by atoms with Crippen molar-refractivity contribution in [2.75, 3.05) is 12.4 Å². The van der Waals surface area contributed by atoms with Crippen molar-refractivity contribution in [3.8, 4) is 5.75 Å². The molecule has 128 valence electrons. The zero-order chi connectivity index (χ0) is 17.9. The monoisotopic (exact) mass is 346 g/mol. The molecule has 4 rings (SSSR count). The number of hydrogen-bond acceptors (Lipinski definition) is 5.